The van der Waals surface area contributed by atoms with Gasteiger partial charge in [-0.25, -0.2) is 0 Å². The predicted octanol–water partition coefficient (Wildman–Crippen LogP) is 2.89. The van der Waals surface area contributed by atoms with Gasteiger partial charge in [-0.15, -0.1) is 10.2 Å². The Hall–Kier alpha value is -2.60. The first kappa shape index (κ1) is 13.1. The van der Waals surface area contributed by atoms with E-state index in [4.69, 9.17) is 10.8 Å². The third-order valence-electron chi connectivity index (χ3n) is 3.45. The molecule has 0 radical (unpaired) electrons. The normalized spacial score (nSPS) is 13.5. The molecule has 1 aliphatic rings. The Labute approximate surface area is 131 Å². The molecule has 3 aromatic rings. The number of benzene rings is 2. The van der Waals surface area contributed by atoms with Gasteiger partial charge in [-0.1, -0.05) is 42.1 Å². The molecule has 22 heavy (non-hydrogen) atoms. The summed E-state index contributed by atoms with van der Waals surface area (Å²) in [4.78, 5) is 0. The second kappa shape index (κ2) is 5.31. The van der Waals surface area contributed by atoms with Crippen LogP contribution in [0.3, 0.4) is 0 Å². The lowest BCUT2D eigenvalue weighted by Gasteiger charge is -2.13. The average Bonchev–Trinajstić information content (AvgIpc) is 2.99. The molecule has 2 N–H and O–H groups in total. The van der Waals surface area contributed by atoms with Gasteiger partial charge in [-0.05, 0) is 29.8 Å². The van der Waals surface area contributed by atoms with Gasteiger partial charge in [-0.2, -0.15) is 9.78 Å². The Morgan fingerprint density at radius 1 is 0.909 bits per heavy atom. The number of thioether (sulfide) groups is 1. The summed E-state index contributed by atoms with van der Waals surface area (Å²) >= 11 is 1.64. The summed E-state index contributed by atoms with van der Waals surface area (Å²) in [5.41, 5.74) is 9.56. The van der Waals surface area contributed by atoms with Crippen molar-refractivity contribution in [2.75, 3.05) is 11.5 Å². The minimum Gasteiger partial charge on any atom is -0.399 e. The molecule has 2 aromatic carbocycles. The van der Waals surface area contributed by atoms with Crippen LogP contribution in [-0.4, -0.2) is 26.3 Å². The Morgan fingerprint density at radius 3 is 2.45 bits per heavy atom. The molecular weight excluding hydrogens is 294 g/mol. The average molecular weight is 307 g/mol. The minimum absolute atomic E-state index is 0.727. The van der Waals surface area contributed by atoms with Gasteiger partial charge in [0, 0.05) is 17.0 Å². The smallest absolute Gasteiger partial charge is 0.212 e. The quantitative estimate of drug-likeness (QED) is 0.739. The lowest BCUT2D eigenvalue weighted by Crippen LogP contribution is -2.13. The largest absolute Gasteiger partial charge is 0.399 e. The topological polar surface area (TPSA) is 69.1 Å². The molecule has 0 spiro atoms. The zero-order valence-corrected chi connectivity index (χ0v) is 12.5. The number of rotatable bonds is 2. The number of fused-ring (bicyclic) bond motifs is 1. The summed E-state index contributed by atoms with van der Waals surface area (Å²) < 4.78 is 1.81. The van der Waals surface area contributed by atoms with Crippen molar-refractivity contribution < 1.29 is 0 Å². The lowest BCUT2D eigenvalue weighted by atomic mass is 10.1. The molecule has 5 nitrogen and oxygen atoms in total. The highest BCUT2D eigenvalue weighted by Gasteiger charge is 2.20. The summed E-state index contributed by atoms with van der Waals surface area (Å²) in [5, 5.41) is 14.0. The molecule has 0 amide bonds. The van der Waals surface area contributed by atoms with Gasteiger partial charge in [0.25, 0.3) is 0 Å². The van der Waals surface area contributed by atoms with Gasteiger partial charge in [0.15, 0.2) is 5.82 Å². The van der Waals surface area contributed by atoms with Crippen molar-refractivity contribution in [1.29, 1.82) is 0 Å². The molecule has 4 rings (SSSR count). The highest BCUT2D eigenvalue weighted by Crippen LogP contribution is 2.28. The van der Waals surface area contributed by atoms with Gasteiger partial charge in [0.1, 0.15) is 0 Å². The summed E-state index contributed by atoms with van der Waals surface area (Å²) in [6.07, 6.45) is 0. The third kappa shape index (κ3) is 2.27. The van der Waals surface area contributed by atoms with Crippen molar-refractivity contribution in [3.8, 4) is 11.4 Å². The van der Waals surface area contributed by atoms with Crippen molar-refractivity contribution in [2.45, 2.75) is 5.16 Å². The Bertz CT molecular complexity index is 837. The fraction of sp³-hybridized carbons (Fsp3) is 0.0625. The van der Waals surface area contributed by atoms with Crippen molar-refractivity contribution in [2.24, 2.45) is 5.10 Å². The first-order valence-electron chi connectivity index (χ1n) is 6.89. The van der Waals surface area contributed by atoms with E-state index in [0.717, 1.165) is 39.3 Å². The molecule has 0 saturated carbocycles. The summed E-state index contributed by atoms with van der Waals surface area (Å²) in [6, 6.07) is 17.8. The van der Waals surface area contributed by atoms with E-state index in [0.29, 0.717) is 0 Å². The van der Waals surface area contributed by atoms with E-state index < -0.39 is 0 Å². The molecule has 1 aliphatic heterocycles. The SMILES string of the molecule is Nc1ccc(-c2nnc3n2N=C(c2ccccc2)CS3)cc1. The number of hydrogen-bond donors (Lipinski definition) is 1. The van der Waals surface area contributed by atoms with E-state index in [2.05, 4.69) is 22.3 Å². The number of aromatic nitrogens is 3. The zero-order chi connectivity index (χ0) is 14.9. The van der Waals surface area contributed by atoms with Crippen LogP contribution in [0.4, 0.5) is 5.69 Å². The maximum atomic E-state index is 5.74. The van der Waals surface area contributed by atoms with Gasteiger partial charge in [0.2, 0.25) is 5.16 Å². The van der Waals surface area contributed by atoms with Crippen LogP contribution in [0.2, 0.25) is 0 Å². The number of nitrogens with two attached hydrogens (primary N) is 1. The standard InChI is InChI=1S/C16H13N5S/c17-13-8-6-12(7-9-13)15-18-19-16-21(15)20-14(10-22-16)11-4-2-1-3-5-11/h1-9H,10,17H2. The third-order valence-corrected chi connectivity index (χ3v) is 4.38. The first-order valence-corrected chi connectivity index (χ1v) is 7.87. The summed E-state index contributed by atoms with van der Waals surface area (Å²) in [6.45, 7) is 0. The highest BCUT2D eigenvalue weighted by molar-refractivity contribution is 7.99. The molecule has 0 atom stereocenters. The molecule has 0 unspecified atom stereocenters. The van der Waals surface area contributed by atoms with E-state index in [1.54, 1.807) is 11.8 Å². The Balaban J connectivity index is 1.80. The number of hydrogen-bond acceptors (Lipinski definition) is 5. The van der Waals surface area contributed by atoms with Crippen LogP contribution in [0.5, 0.6) is 0 Å². The highest BCUT2D eigenvalue weighted by atomic mass is 32.2. The predicted molar refractivity (Wildman–Crippen MR) is 89.0 cm³/mol. The zero-order valence-electron chi connectivity index (χ0n) is 11.7. The monoisotopic (exact) mass is 307 g/mol. The molecule has 0 aliphatic carbocycles. The van der Waals surface area contributed by atoms with E-state index in [-0.39, 0.29) is 0 Å². The fourth-order valence-electron chi connectivity index (χ4n) is 2.31. The molecule has 2 heterocycles. The van der Waals surface area contributed by atoms with E-state index in [9.17, 15) is 0 Å². The van der Waals surface area contributed by atoms with E-state index in [1.807, 2.05) is 47.1 Å². The van der Waals surface area contributed by atoms with E-state index >= 15 is 0 Å². The minimum atomic E-state index is 0.727. The van der Waals surface area contributed by atoms with Crippen LogP contribution in [0.15, 0.2) is 64.9 Å². The van der Waals surface area contributed by atoms with Crippen LogP contribution < -0.4 is 5.73 Å². The number of nitrogens with zero attached hydrogens (tertiary/aromatic N) is 4. The maximum absolute atomic E-state index is 5.74. The van der Waals surface area contributed by atoms with Crippen LogP contribution in [-0.2, 0) is 0 Å². The van der Waals surface area contributed by atoms with Crippen molar-refractivity contribution in [1.82, 2.24) is 14.9 Å². The molecule has 0 saturated heterocycles. The number of anilines is 1. The Kier molecular flexibility index (Phi) is 3.16. The first-order chi connectivity index (χ1) is 10.8. The second-order valence-electron chi connectivity index (χ2n) is 4.94. The van der Waals surface area contributed by atoms with Crippen LogP contribution in [0, 0.1) is 0 Å². The van der Waals surface area contributed by atoms with Gasteiger partial charge in [-0.3, -0.25) is 0 Å². The van der Waals surface area contributed by atoms with Gasteiger partial charge in [0.05, 0.1) is 5.71 Å². The molecule has 108 valence electrons. The maximum Gasteiger partial charge on any atom is 0.212 e. The number of nitrogen functional groups attached to an aromatic ring is 1. The molecule has 0 fully saturated rings. The molecule has 6 heteroatoms. The summed E-state index contributed by atoms with van der Waals surface area (Å²) in [7, 11) is 0. The van der Waals surface area contributed by atoms with Crippen molar-refractivity contribution >= 4 is 23.2 Å². The van der Waals surface area contributed by atoms with Gasteiger partial charge >= 0.3 is 0 Å². The molecule has 1 aromatic heterocycles. The van der Waals surface area contributed by atoms with Crippen molar-refractivity contribution in [3.63, 3.8) is 0 Å². The van der Waals surface area contributed by atoms with Crippen LogP contribution in [0.25, 0.3) is 11.4 Å². The fourth-order valence-corrected chi connectivity index (χ4v) is 3.15. The van der Waals surface area contributed by atoms with E-state index in [1.165, 1.54) is 0 Å². The van der Waals surface area contributed by atoms with Gasteiger partial charge < -0.3 is 5.73 Å². The van der Waals surface area contributed by atoms with Crippen LogP contribution in [0.1, 0.15) is 5.56 Å². The van der Waals surface area contributed by atoms with Crippen molar-refractivity contribution in [3.05, 3.63) is 60.2 Å². The van der Waals surface area contributed by atoms with Crippen LogP contribution >= 0.6 is 11.8 Å². The summed E-state index contributed by atoms with van der Waals surface area (Å²) in [5.74, 6) is 1.53. The lowest BCUT2D eigenvalue weighted by molar-refractivity contribution is 0.762. The molecular formula is C16H13N5S. The molecule has 0 bridgehead atoms. The second-order valence-corrected chi connectivity index (χ2v) is 5.88. The Morgan fingerprint density at radius 2 is 1.68 bits per heavy atom.